The third-order valence-electron chi connectivity index (χ3n) is 11.2. The number of fused-ring (bicyclic) bond motifs is 7. The number of hydrogen-bond donors (Lipinski definition) is 1. The van der Waals surface area contributed by atoms with Crippen molar-refractivity contribution in [1.29, 1.82) is 5.26 Å². The van der Waals surface area contributed by atoms with Gasteiger partial charge in [-0.2, -0.15) is 18.4 Å². The maximum Gasteiger partial charge on any atom is 0.399 e. The van der Waals surface area contributed by atoms with Crippen LogP contribution in [-0.4, -0.2) is 29.0 Å². The van der Waals surface area contributed by atoms with E-state index >= 15 is 0 Å². The lowest BCUT2D eigenvalue weighted by Gasteiger charge is -2.64. The second-order valence-electron chi connectivity index (χ2n) is 13.9. The number of allylic oxidation sites excluding steroid dienone is 4. The van der Waals surface area contributed by atoms with E-state index in [0.717, 1.165) is 62.5 Å². The van der Waals surface area contributed by atoms with E-state index < -0.39 is 22.9 Å². The van der Waals surface area contributed by atoms with Crippen LogP contribution in [0, 0.1) is 57.2 Å². The second-order valence-corrected chi connectivity index (χ2v) is 14.7. The second kappa shape index (κ2) is 8.96. The highest BCUT2D eigenvalue weighted by Crippen LogP contribution is 2.68. The molecule has 0 saturated heterocycles. The monoisotopic (exact) mass is 548 g/mol. The van der Waals surface area contributed by atoms with E-state index in [4.69, 9.17) is 0 Å². The van der Waals surface area contributed by atoms with Gasteiger partial charge in [0, 0.05) is 22.8 Å². The van der Waals surface area contributed by atoms with Crippen LogP contribution in [0.1, 0.15) is 79.6 Å². The van der Waals surface area contributed by atoms with Gasteiger partial charge in [-0.05, 0) is 79.6 Å². The number of Topliss-reactive ketones (excluding diaryl/α,β-unsaturated/α-hetero) is 1. The Labute approximate surface area is 228 Å². The van der Waals surface area contributed by atoms with E-state index in [0.29, 0.717) is 0 Å². The molecular weight excluding hydrogens is 509 g/mol. The summed E-state index contributed by atoms with van der Waals surface area (Å²) >= 11 is 0.751. The van der Waals surface area contributed by atoms with E-state index in [1.807, 2.05) is 19.1 Å². The molecule has 0 radical (unpaired) electrons. The van der Waals surface area contributed by atoms with Gasteiger partial charge in [0.2, 0.25) is 0 Å². The number of ketones is 2. The largest absolute Gasteiger partial charge is 0.399 e. The van der Waals surface area contributed by atoms with Crippen molar-refractivity contribution in [2.75, 3.05) is 5.75 Å². The minimum absolute atomic E-state index is 0.0187. The fraction of sp³-hybridized carbons (Fsp3) is 0.767. The summed E-state index contributed by atoms with van der Waals surface area (Å²) in [6.45, 7) is 10.7. The first kappa shape index (κ1) is 28.0. The Morgan fingerprint density at radius 1 is 1.05 bits per heavy atom. The van der Waals surface area contributed by atoms with Gasteiger partial charge < -0.3 is 0 Å². The van der Waals surface area contributed by atoms with Gasteiger partial charge in [0.1, 0.15) is 11.8 Å². The summed E-state index contributed by atoms with van der Waals surface area (Å²) in [7, 11) is 0. The minimum atomic E-state index is -4.25. The molecule has 5 aliphatic carbocycles. The van der Waals surface area contributed by atoms with Crippen molar-refractivity contribution in [1.82, 2.24) is 4.72 Å². The summed E-state index contributed by atoms with van der Waals surface area (Å²) in [4.78, 5) is 27.0. The number of alkyl halides is 3. The minimum Gasteiger partial charge on any atom is -0.295 e. The van der Waals surface area contributed by atoms with Crippen molar-refractivity contribution in [2.24, 2.45) is 45.8 Å². The van der Waals surface area contributed by atoms with Crippen LogP contribution < -0.4 is 4.72 Å². The van der Waals surface area contributed by atoms with Gasteiger partial charge in [0.25, 0.3) is 0 Å². The number of nitriles is 1. The van der Waals surface area contributed by atoms with Crippen molar-refractivity contribution >= 4 is 23.5 Å². The highest BCUT2D eigenvalue weighted by Gasteiger charge is 2.64. The molecule has 3 fully saturated rings. The molecule has 208 valence electrons. The maximum absolute atomic E-state index is 14.1. The molecular formula is C30H39F3N2O2S. The highest BCUT2D eigenvalue weighted by atomic mass is 32.2. The number of halogens is 3. The van der Waals surface area contributed by atoms with Crippen LogP contribution in [0.2, 0.25) is 0 Å². The number of carbonyl (C=O) groups excluding carboxylic acids is 2. The van der Waals surface area contributed by atoms with Crippen molar-refractivity contribution in [3.63, 3.8) is 0 Å². The molecule has 8 atom stereocenters. The Morgan fingerprint density at radius 2 is 1.74 bits per heavy atom. The summed E-state index contributed by atoms with van der Waals surface area (Å²) in [5.41, 5.74) is -0.00322. The molecule has 0 aromatic carbocycles. The summed E-state index contributed by atoms with van der Waals surface area (Å²) in [6, 6.07) is 2.11. The average molecular weight is 549 g/mol. The van der Waals surface area contributed by atoms with E-state index in [1.165, 1.54) is 0 Å². The fourth-order valence-corrected chi connectivity index (χ4v) is 10.2. The third kappa shape index (κ3) is 4.22. The molecule has 1 N–H and O–H groups in total. The third-order valence-corrected chi connectivity index (χ3v) is 12.3. The number of nitrogens with zero attached hydrogens (tertiary/aromatic N) is 1. The molecule has 5 rings (SSSR count). The van der Waals surface area contributed by atoms with Crippen LogP contribution in [0.25, 0.3) is 0 Å². The lowest BCUT2D eigenvalue weighted by molar-refractivity contribution is -0.138. The molecule has 0 heterocycles. The summed E-state index contributed by atoms with van der Waals surface area (Å²) in [5.74, 6) is -1.37. The molecule has 0 aromatic heterocycles. The van der Waals surface area contributed by atoms with Gasteiger partial charge >= 0.3 is 6.18 Å². The molecule has 0 aliphatic heterocycles. The van der Waals surface area contributed by atoms with Crippen LogP contribution in [0.15, 0.2) is 23.3 Å². The van der Waals surface area contributed by atoms with E-state index in [9.17, 15) is 28.0 Å². The Kier molecular flexibility index (Phi) is 6.59. The molecule has 4 nitrogen and oxygen atoms in total. The van der Waals surface area contributed by atoms with Crippen LogP contribution in [0.5, 0.6) is 0 Å². The molecule has 0 spiro atoms. The van der Waals surface area contributed by atoms with Crippen LogP contribution in [0.3, 0.4) is 0 Å². The number of nitrogens with one attached hydrogen (secondary N) is 1. The van der Waals surface area contributed by atoms with E-state index in [2.05, 4.69) is 38.5 Å². The van der Waals surface area contributed by atoms with E-state index in [-0.39, 0.29) is 57.6 Å². The molecule has 0 amide bonds. The van der Waals surface area contributed by atoms with Gasteiger partial charge in [0.05, 0.1) is 5.57 Å². The van der Waals surface area contributed by atoms with Crippen LogP contribution in [0.4, 0.5) is 13.2 Å². The molecule has 38 heavy (non-hydrogen) atoms. The van der Waals surface area contributed by atoms with Crippen molar-refractivity contribution < 1.29 is 22.8 Å². The van der Waals surface area contributed by atoms with Gasteiger partial charge in [-0.15, -0.1) is 0 Å². The summed E-state index contributed by atoms with van der Waals surface area (Å²) < 4.78 is 42.4. The molecule has 5 aliphatic rings. The smallest absolute Gasteiger partial charge is 0.295 e. The Morgan fingerprint density at radius 3 is 2.39 bits per heavy atom. The first-order chi connectivity index (χ1) is 17.6. The predicted molar refractivity (Wildman–Crippen MR) is 142 cm³/mol. The van der Waals surface area contributed by atoms with Gasteiger partial charge in [-0.25, -0.2) is 0 Å². The molecule has 0 bridgehead atoms. The first-order valence-corrected chi connectivity index (χ1v) is 14.9. The quantitative estimate of drug-likeness (QED) is 0.386. The van der Waals surface area contributed by atoms with E-state index in [1.54, 1.807) is 0 Å². The number of hydrogen-bond acceptors (Lipinski definition) is 5. The normalized spacial score (nSPS) is 44.0. The summed E-state index contributed by atoms with van der Waals surface area (Å²) in [6.07, 6.45) is 5.18. The molecule has 0 aromatic rings. The predicted octanol–water partition coefficient (Wildman–Crippen LogP) is 6.98. The van der Waals surface area contributed by atoms with Crippen LogP contribution >= 0.6 is 11.9 Å². The number of carbonyl (C=O) groups is 2. The highest BCUT2D eigenvalue weighted by molar-refractivity contribution is 7.97. The zero-order valence-electron chi connectivity index (χ0n) is 23.0. The molecule has 8 unspecified atom stereocenters. The maximum atomic E-state index is 14.1. The van der Waals surface area contributed by atoms with Crippen LogP contribution in [-0.2, 0) is 9.59 Å². The van der Waals surface area contributed by atoms with Gasteiger partial charge in [0.15, 0.2) is 11.6 Å². The topological polar surface area (TPSA) is 70.0 Å². The van der Waals surface area contributed by atoms with Crippen molar-refractivity contribution in [3.8, 4) is 6.07 Å². The average Bonchev–Trinajstić information content (AvgIpc) is 2.82. The SMILES string of the molecule is CC1C(=O)C(C#N)=CC2(C)C3=CC(=O)C4C5CC(C)(C)CCC5(NSCC(F)(F)F)CCC4C3(C)CCC12. The van der Waals surface area contributed by atoms with Gasteiger partial charge in [-0.3, -0.25) is 14.3 Å². The van der Waals surface area contributed by atoms with Crippen molar-refractivity contribution in [3.05, 3.63) is 23.3 Å². The molecule has 3 saturated carbocycles. The lowest BCUT2D eigenvalue weighted by atomic mass is 9.40. The molecule has 8 heteroatoms. The standard InChI is InChI=1S/C30H39F3N2O2S/c1-17-19-6-8-27(4)20-7-9-29(35-38-16-30(31,32)33)11-10-26(2,3)14-21(29)24(20)22(36)12-23(27)28(19,5)13-18(15-34)25(17)37/h12-13,17,19-21,24,35H,6-11,14,16H2,1-5H3. The zero-order valence-corrected chi connectivity index (χ0v) is 23.8. The fourth-order valence-electron chi connectivity index (χ4n) is 9.33. The Hall–Kier alpha value is -1.59. The Bertz CT molecular complexity index is 1150. The van der Waals surface area contributed by atoms with Gasteiger partial charge in [-0.1, -0.05) is 58.2 Å². The summed E-state index contributed by atoms with van der Waals surface area (Å²) in [5, 5.41) is 9.71. The van der Waals surface area contributed by atoms with Crippen molar-refractivity contribution in [2.45, 2.75) is 91.3 Å². The number of rotatable bonds is 3. The zero-order chi connectivity index (χ0) is 27.9. The Balaban J connectivity index is 1.56. The lowest BCUT2D eigenvalue weighted by Crippen LogP contribution is -2.64. The first-order valence-electron chi connectivity index (χ1n) is 14.0.